The van der Waals surface area contributed by atoms with Gasteiger partial charge in [0.1, 0.15) is 5.75 Å². The summed E-state index contributed by atoms with van der Waals surface area (Å²) in [6.45, 7) is 10.8. The Morgan fingerprint density at radius 3 is 2.71 bits per heavy atom. The number of rotatable bonds is 1. The Morgan fingerprint density at radius 1 is 1.36 bits per heavy atom. The maximum atomic E-state index is 5.45. The summed E-state index contributed by atoms with van der Waals surface area (Å²) in [6.07, 6.45) is 1.03. The van der Waals surface area contributed by atoms with Gasteiger partial charge in [-0.25, -0.2) is 0 Å². The average Bonchev–Trinajstić information content (AvgIpc) is 2.67. The quantitative estimate of drug-likeness (QED) is 0.656. The standard InChI is InChI=1S/C11H12O.C2H6/c1-8(2)9-4-3-5-11-10(9)6-7-12-11;1-2/h3-5H,1,6-7H2,2H3;1-2H3. The first-order valence-corrected chi connectivity index (χ1v) is 5.19. The van der Waals surface area contributed by atoms with Crippen LogP contribution in [0.3, 0.4) is 0 Å². The first kappa shape index (κ1) is 10.8. The summed E-state index contributed by atoms with van der Waals surface area (Å²) in [5.41, 5.74) is 3.70. The number of allylic oxidation sites excluding steroid dienone is 1. The van der Waals surface area contributed by atoms with Crippen LogP contribution in [-0.2, 0) is 6.42 Å². The van der Waals surface area contributed by atoms with Gasteiger partial charge in [-0.3, -0.25) is 0 Å². The second-order valence-corrected chi connectivity index (χ2v) is 3.16. The Labute approximate surface area is 86.4 Å². The van der Waals surface area contributed by atoms with Crippen molar-refractivity contribution in [1.29, 1.82) is 0 Å². The summed E-state index contributed by atoms with van der Waals surface area (Å²) >= 11 is 0. The van der Waals surface area contributed by atoms with Gasteiger partial charge in [0.05, 0.1) is 6.61 Å². The molecular formula is C13H18O. The van der Waals surface area contributed by atoms with Gasteiger partial charge in [0.25, 0.3) is 0 Å². The van der Waals surface area contributed by atoms with E-state index < -0.39 is 0 Å². The summed E-state index contributed by atoms with van der Waals surface area (Å²) in [5.74, 6) is 1.04. The molecule has 0 fully saturated rings. The van der Waals surface area contributed by atoms with Gasteiger partial charge in [-0.1, -0.05) is 38.1 Å². The van der Waals surface area contributed by atoms with Crippen molar-refractivity contribution < 1.29 is 4.74 Å². The van der Waals surface area contributed by atoms with Gasteiger partial charge in [0.15, 0.2) is 0 Å². The van der Waals surface area contributed by atoms with Gasteiger partial charge in [0, 0.05) is 12.0 Å². The molecule has 76 valence electrons. The van der Waals surface area contributed by atoms with Crippen molar-refractivity contribution in [3.8, 4) is 5.75 Å². The third-order valence-corrected chi connectivity index (χ3v) is 2.20. The summed E-state index contributed by atoms with van der Waals surface area (Å²) < 4.78 is 5.45. The molecule has 14 heavy (non-hydrogen) atoms. The molecular weight excluding hydrogens is 172 g/mol. The first-order valence-electron chi connectivity index (χ1n) is 5.19. The molecule has 0 amide bonds. The molecule has 2 rings (SSSR count). The van der Waals surface area contributed by atoms with Crippen molar-refractivity contribution in [2.24, 2.45) is 0 Å². The van der Waals surface area contributed by atoms with Gasteiger partial charge in [-0.15, -0.1) is 0 Å². The van der Waals surface area contributed by atoms with Gasteiger partial charge in [0.2, 0.25) is 0 Å². The zero-order valence-electron chi connectivity index (χ0n) is 9.26. The topological polar surface area (TPSA) is 9.23 Å². The highest BCUT2D eigenvalue weighted by Gasteiger charge is 2.15. The molecule has 0 saturated heterocycles. The monoisotopic (exact) mass is 190 g/mol. The lowest BCUT2D eigenvalue weighted by Crippen LogP contribution is -1.87. The van der Waals surface area contributed by atoms with Crippen LogP contribution in [0.15, 0.2) is 24.8 Å². The molecule has 0 atom stereocenters. The largest absolute Gasteiger partial charge is 0.493 e. The lowest BCUT2D eigenvalue weighted by Gasteiger charge is -2.04. The van der Waals surface area contributed by atoms with Crippen LogP contribution in [-0.4, -0.2) is 6.61 Å². The van der Waals surface area contributed by atoms with E-state index in [1.165, 1.54) is 11.1 Å². The minimum absolute atomic E-state index is 0.819. The molecule has 0 aromatic heterocycles. The van der Waals surface area contributed by atoms with Crippen LogP contribution in [0.1, 0.15) is 31.9 Å². The van der Waals surface area contributed by atoms with E-state index in [0.717, 1.165) is 24.4 Å². The lowest BCUT2D eigenvalue weighted by atomic mass is 10.0. The van der Waals surface area contributed by atoms with E-state index in [1.807, 2.05) is 32.9 Å². The molecule has 1 aromatic carbocycles. The second kappa shape index (κ2) is 4.85. The molecule has 1 nitrogen and oxygen atoms in total. The molecule has 1 aliphatic heterocycles. The highest BCUT2D eigenvalue weighted by Crippen LogP contribution is 2.31. The SMILES string of the molecule is C=C(C)c1cccc2c1CCO2.CC. The number of ether oxygens (including phenoxy) is 1. The predicted octanol–water partition coefficient (Wildman–Crippen LogP) is 3.68. The van der Waals surface area contributed by atoms with Gasteiger partial charge >= 0.3 is 0 Å². The summed E-state index contributed by atoms with van der Waals surface area (Å²) in [6, 6.07) is 6.15. The van der Waals surface area contributed by atoms with Gasteiger partial charge in [-0.05, 0) is 18.6 Å². The number of benzene rings is 1. The van der Waals surface area contributed by atoms with Gasteiger partial charge in [-0.2, -0.15) is 0 Å². The molecule has 1 aromatic rings. The number of fused-ring (bicyclic) bond motifs is 1. The Morgan fingerprint density at radius 2 is 2.07 bits per heavy atom. The summed E-state index contributed by atoms with van der Waals surface area (Å²) in [7, 11) is 0. The van der Waals surface area contributed by atoms with Crippen molar-refractivity contribution in [3.63, 3.8) is 0 Å². The zero-order chi connectivity index (χ0) is 10.6. The van der Waals surface area contributed by atoms with Crippen LogP contribution in [0.2, 0.25) is 0 Å². The zero-order valence-corrected chi connectivity index (χ0v) is 9.26. The fourth-order valence-electron chi connectivity index (χ4n) is 1.62. The number of hydrogen-bond acceptors (Lipinski definition) is 1. The van der Waals surface area contributed by atoms with Crippen LogP contribution < -0.4 is 4.74 Å². The summed E-state index contributed by atoms with van der Waals surface area (Å²) in [5, 5.41) is 0. The normalized spacial score (nSPS) is 12.2. The maximum Gasteiger partial charge on any atom is 0.123 e. The highest BCUT2D eigenvalue weighted by atomic mass is 16.5. The smallest absolute Gasteiger partial charge is 0.123 e. The van der Waals surface area contributed by atoms with Crippen LogP contribution in [0.5, 0.6) is 5.75 Å². The Hall–Kier alpha value is -1.24. The van der Waals surface area contributed by atoms with Gasteiger partial charge < -0.3 is 4.74 Å². The van der Waals surface area contributed by atoms with Crippen molar-refractivity contribution in [1.82, 2.24) is 0 Å². The van der Waals surface area contributed by atoms with E-state index in [-0.39, 0.29) is 0 Å². The van der Waals surface area contributed by atoms with E-state index in [0.29, 0.717) is 0 Å². The molecule has 0 unspecified atom stereocenters. The molecule has 0 radical (unpaired) electrons. The molecule has 1 aliphatic rings. The fraction of sp³-hybridized carbons (Fsp3) is 0.385. The van der Waals surface area contributed by atoms with E-state index in [1.54, 1.807) is 0 Å². The van der Waals surface area contributed by atoms with Crippen molar-refractivity contribution in [2.45, 2.75) is 27.2 Å². The molecule has 1 heterocycles. The highest BCUT2D eigenvalue weighted by molar-refractivity contribution is 5.67. The minimum atomic E-state index is 0.819. The van der Waals surface area contributed by atoms with Crippen LogP contribution >= 0.6 is 0 Å². The van der Waals surface area contributed by atoms with Crippen molar-refractivity contribution in [3.05, 3.63) is 35.9 Å². The Bertz CT molecular complexity index is 326. The Kier molecular flexibility index (Phi) is 3.75. The molecule has 0 spiro atoms. The second-order valence-electron chi connectivity index (χ2n) is 3.16. The van der Waals surface area contributed by atoms with E-state index in [4.69, 9.17) is 4.74 Å². The maximum absolute atomic E-state index is 5.45. The van der Waals surface area contributed by atoms with Crippen molar-refractivity contribution >= 4 is 5.57 Å². The molecule has 0 aliphatic carbocycles. The minimum Gasteiger partial charge on any atom is -0.493 e. The van der Waals surface area contributed by atoms with E-state index in [2.05, 4.69) is 12.6 Å². The Balaban J connectivity index is 0.000000461. The third-order valence-electron chi connectivity index (χ3n) is 2.20. The van der Waals surface area contributed by atoms with E-state index >= 15 is 0 Å². The predicted molar refractivity (Wildman–Crippen MR) is 61.7 cm³/mol. The average molecular weight is 190 g/mol. The van der Waals surface area contributed by atoms with E-state index in [9.17, 15) is 0 Å². The number of hydrogen-bond donors (Lipinski definition) is 0. The summed E-state index contributed by atoms with van der Waals surface area (Å²) in [4.78, 5) is 0. The van der Waals surface area contributed by atoms with Crippen LogP contribution in [0, 0.1) is 0 Å². The van der Waals surface area contributed by atoms with Crippen LogP contribution in [0.4, 0.5) is 0 Å². The first-order chi connectivity index (χ1) is 6.79. The van der Waals surface area contributed by atoms with Crippen molar-refractivity contribution in [2.75, 3.05) is 6.61 Å². The van der Waals surface area contributed by atoms with Crippen LogP contribution in [0.25, 0.3) is 5.57 Å². The third kappa shape index (κ3) is 1.98. The molecule has 0 bridgehead atoms. The molecule has 1 heteroatoms. The molecule has 0 saturated carbocycles. The molecule has 0 N–H and O–H groups in total. The fourth-order valence-corrected chi connectivity index (χ4v) is 1.62. The lowest BCUT2D eigenvalue weighted by molar-refractivity contribution is 0.357.